The predicted octanol–water partition coefficient (Wildman–Crippen LogP) is 2.10. The molecule has 1 aromatic rings. The monoisotopic (exact) mass is 264 g/mol. The summed E-state index contributed by atoms with van der Waals surface area (Å²) in [6.45, 7) is 1.26. The van der Waals surface area contributed by atoms with Crippen molar-refractivity contribution in [3.63, 3.8) is 0 Å². The predicted molar refractivity (Wildman–Crippen MR) is 60.7 cm³/mol. The van der Waals surface area contributed by atoms with Gasteiger partial charge in [-0.25, -0.2) is 0 Å². The highest BCUT2D eigenvalue weighted by atomic mass is 79.9. The topological polar surface area (TPSA) is 44.1 Å². The van der Waals surface area contributed by atoms with Crippen molar-refractivity contribution in [1.29, 1.82) is 5.26 Å². The molecule has 0 N–H and O–H groups in total. The van der Waals surface area contributed by atoms with Crippen molar-refractivity contribution in [3.05, 3.63) is 28.2 Å². The van der Waals surface area contributed by atoms with E-state index in [2.05, 4.69) is 22.0 Å². The molecule has 1 saturated heterocycles. The molecular weight excluding hydrogens is 256 g/mol. The Morgan fingerprint density at radius 3 is 2.80 bits per heavy atom. The van der Waals surface area contributed by atoms with Crippen molar-refractivity contribution in [3.8, 4) is 6.07 Å². The molecule has 1 fully saturated rings. The fourth-order valence-corrected chi connectivity index (χ4v) is 2.10. The average molecular weight is 265 g/mol. The minimum Gasteiger partial charge on any atom is -0.364 e. The standard InChI is InChI=1S/C11H9BrN2O/c12-11-5-9(2-1-8(11)6-13)14-4-3-10(15)7-14/h1-2,5H,3-4,7H2. The van der Waals surface area contributed by atoms with Crippen LogP contribution in [0.2, 0.25) is 0 Å². The van der Waals surface area contributed by atoms with Crippen LogP contribution in [0.25, 0.3) is 0 Å². The largest absolute Gasteiger partial charge is 0.364 e. The Hall–Kier alpha value is -1.34. The molecule has 3 nitrogen and oxygen atoms in total. The zero-order valence-corrected chi connectivity index (χ0v) is 9.62. The number of ketones is 1. The lowest BCUT2D eigenvalue weighted by Crippen LogP contribution is -2.19. The van der Waals surface area contributed by atoms with E-state index in [1.165, 1.54) is 0 Å². The van der Waals surface area contributed by atoms with E-state index in [1.54, 1.807) is 6.07 Å². The SMILES string of the molecule is N#Cc1ccc(N2CCC(=O)C2)cc1Br. The fourth-order valence-electron chi connectivity index (χ4n) is 1.64. The van der Waals surface area contributed by atoms with Crippen LogP contribution in [-0.4, -0.2) is 18.9 Å². The maximum atomic E-state index is 11.1. The van der Waals surface area contributed by atoms with Gasteiger partial charge in [0.2, 0.25) is 0 Å². The van der Waals surface area contributed by atoms with Gasteiger partial charge in [-0.3, -0.25) is 4.79 Å². The third-order valence-electron chi connectivity index (χ3n) is 2.47. The van der Waals surface area contributed by atoms with Crippen molar-refractivity contribution >= 4 is 27.4 Å². The van der Waals surface area contributed by atoms with Gasteiger partial charge in [-0.2, -0.15) is 5.26 Å². The highest BCUT2D eigenvalue weighted by Gasteiger charge is 2.19. The van der Waals surface area contributed by atoms with Gasteiger partial charge in [-0.1, -0.05) is 0 Å². The number of nitrogens with zero attached hydrogens (tertiary/aromatic N) is 2. The van der Waals surface area contributed by atoms with Gasteiger partial charge in [-0.05, 0) is 34.1 Å². The molecule has 1 aliphatic heterocycles. The number of Topliss-reactive ketones (excluding diaryl/α,β-unsaturated/α-hetero) is 1. The van der Waals surface area contributed by atoms with Crippen LogP contribution >= 0.6 is 15.9 Å². The van der Waals surface area contributed by atoms with Gasteiger partial charge in [0.15, 0.2) is 5.78 Å². The first-order chi connectivity index (χ1) is 7.20. The summed E-state index contributed by atoms with van der Waals surface area (Å²) in [6.07, 6.45) is 0.623. The van der Waals surface area contributed by atoms with Crippen LogP contribution < -0.4 is 4.90 Å². The Morgan fingerprint density at radius 1 is 1.47 bits per heavy atom. The first-order valence-electron chi connectivity index (χ1n) is 4.67. The van der Waals surface area contributed by atoms with E-state index >= 15 is 0 Å². The molecule has 1 aliphatic rings. The fraction of sp³-hybridized carbons (Fsp3) is 0.273. The Morgan fingerprint density at radius 2 is 2.27 bits per heavy atom. The third-order valence-corrected chi connectivity index (χ3v) is 3.12. The van der Waals surface area contributed by atoms with Crippen molar-refractivity contribution in [2.24, 2.45) is 0 Å². The summed E-state index contributed by atoms with van der Waals surface area (Å²) in [7, 11) is 0. The average Bonchev–Trinajstić information content (AvgIpc) is 2.65. The minimum absolute atomic E-state index is 0.274. The first kappa shape index (κ1) is 10.2. The lowest BCUT2D eigenvalue weighted by molar-refractivity contribution is -0.116. The summed E-state index contributed by atoms with van der Waals surface area (Å²) < 4.78 is 0.779. The number of carbonyl (C=O) groups excluding carboxylic acids is 1. The number of halogens is 1. The second-order valence-electron chi connectivity index (χ2n) is 3.49. The Kier molecular flexibility index (Phi) is 2.74. The van der Waals surface area contributed by atoms with Crippen LogP contribution in [0.3, 0.4) is 0 Å². The summed E-state index contributed by atoms with van der Waals surface area (Å²) in [5.74, 6) is 0.274. The van der Waals surface area contributed by atoms with Crippen molar-refractivity contribution in [2.45, 2.75) is 6.42 Å². The molecule has 4 heteroatoms. The maximum Gasteiger partial charge on any atom is 0.153 e. The highest BCUT2D eigenvalue weighted by molar-refractivity contribution is 9.10. The smallest absolute Gasteiger partial charge is 0.153 e. The lowest BCUT2D eigenvalue weighted by Gasteiger charge is -2.16. The van der Waals surface area contributed by atoms with Crippen LogP contribution in [0.5, 0.6) is 0 Å². The first-order valence-corrected chi connectivity index (χ1v) is 5.46. The minimum atomic E-state index is 0.274. The number of hydrogen-bond acceptors (Lipinski definition) is 3. The normalized spacial score (nSPS) is 15.5. The number of nitriles is 1. The zero-order valence-electron chi connectivity index (χ0n) is 8.03. The Bertz CT molecular complexity index is 450. The molecule has 0 spiro atoms. The summed E-state index contributed by atoms with van der Waals surface area (Å²) in [5.41, 5.74) is 1.61. The second kappa shape index (κ2) is 4.03. The molecule has 0 saturated carbocycles. The molecule has 15 heavy (non-hydrogen) atoms. The zero-order chi connectivity index (χ0) is 10.8. The summed E-state index contributed by atoms with van der Waals surface area (Å²) in [6, 6.07) is 7.62. The van der Waals surface area contributed by atoms with Gasteiger partial charge in [0.05, 0.1) is 12.1 Å². The van der Waals surface area contributed by atoms with Crippen LogP contribution in [0.1, 0.15) is 12.0 Å². The number of carbonyl (C=O) groups is 1. The lowest BCUT2D eigenvalue weighted by atomic mass is 10.2. The molecule has 0 aliphatic carbocycles. The molecule has 76 valence electrons. The summed E-state index contributed by atoms with van der Waals surface area (Å²) >= 11 is 3.34. The number of benzene rings is 1. The maximum absolute atomic E-state index is 11.1. The molecule has 0 aromatic heterocycles. The van der Waals surface area contributed by atoms with Crippen LogP contribution in [0.4, 0.5) is 5.69 Å². The second-order valence-corrected chi connectivity index (χ2v) is 4.34. The van der Waals surface area contributed by atoms with E-state index in [0.717, 1.165) is 16.7 Å². The Labute approximate surface area is 96.4 Å². The van der Waals surface area contributed by atoms with Crippen LogP contribution in [0.15, 0.2) is 22.7 Å². The molecule has 0 bridgehead atoms. The van der Waals surface area contributed by atoms with Gasteiger partial charge in [0.25, 0.3) is 0 Å². The van der Waals surface area contributed by atoms with E-state index in [0.29, 0.717) is 18.5 Å². The molecule has 0 radical (unpaired) electrons. The van der Waals surface area contributed by atoms with E-state index < -0.39 is 0 Å². The van der Waals surface area contributed by atoms with E-state index in [9.17, 15) is 4.79 Å². The third kappa shape index (κ3) is 2.02. The van der Waals surface area contributed by atoms with Gasteiger partial charge < -0.3 is 4.90 Å². The molecule has 0 atom stereocenters. The van der Waals surface area contributed by atoms with Gasteiger partial charge in [0.1, 0.15) is 6.07 Å². The highest BCUT2D eigenvalue weighted by Crippen LogP contribution is 2.25. The molecule has 1 aromatic carbocycles. The van der Waals surface area contributed by atoms with E-state index in [1.807, 2.05) is 17.0 Å². The number of rotatable bonds is 1. The van der Waals surface area contributed by atoms with Gasteiger partial charge in [0, 0.05) is 23.1 Å². The molecule has 0 unspecified atom stereocenters. The number of anilines is 1. The van der Waals surface area contributed by atoms with E-state index in [4.69, 9.17) is 5.26 Å². The quantitative estimate of drug-likeness (QED) is 0.781. The summed E-state index contributed by atoms with van der Waals surface area (Å²) in [5, 5.41) is 8.77. The van der Waals surface area contributed by atoms with Crippen molar-refractivity contribution in [1.82, 2.24) is 0 Å². The molecule has 1 heterocycles. The van der Waals surface area contributed by atoms with E-state index in [-0.39, 0.29) is 5.78 Å². The molecular formula is C11H9BrN2O. The van der Waals surface area contributed by atoms with Crippen LogP contribution in [-0.2, 0) is 4.79 Å². The van der Waals surface area contributed by atoms with Crippen molar-refractivity contribution in [2.75, 3.05) is 18.0 Å². The molecule has 0 amide bonds. The van der Waals surface area contributed by atoms with Gasteiger partial charge >= 0.3 is 0 Å². The number of hydrogen-bond donors (Lipinski definition) is 0. The van der Waals surface area contributed by atoms with Crippen molar-refractivity contribution < 1.29 is 4.79 Å². The molecule has 2 rings (SSSR count). The van der Waals surface area contributed by atoms with Crippen LogP contribution in [0, 0.1) is 11.3 Å². The van der Waals surface area contributed by atoms with Gasteiger partial charge in [-0.15, -0.1) is 0 Å². The Balaban J connectivity index is 2.27. The summed E-state index contributed by atoms with van der Waals surface area (Å²) in [4.78, 5) is 13.2.